The largest absolute Gasteiger partial charge is 0.493 e. The topological polar surface area (TPSA) is 74.2 Å². The molecule has 6 heteroatoms. The molecule has 1 N–H and O–H groups in total. The molecule has 0 bridgehead atoms. The summed E-state index contributed by atoms with van der Waals surface area (Å²) in [5.41, 5.74) is 0.418. The predicted octanol–water partition coefficient (Wildman–Crippen LogP) is 1.85. The van der Waals surface area contributed by atoms with Crippen LogP contribution in [0.5, 0.6) is 11.5 Å². The normalized spacial score (nSPS) is 16.9. The van der Waals surface area contributed by atoms with E-state index in [1.165, 1.54) is 0 Å². The minimum Gasteiger partial charge on any atom is -0.493 e. The number of aliphatic hydroxyl groups excluding tert-OH is 1. The van der Waals surface area contributed by atoms with Gasteiger partial charge in [0, 0.05) is 12.8 Å². The molecule has 1 aromatic rings. The van der Waals surface area contributed by atoms with Crippen molar-refractivity contribution in [2.75, 3.05) is 26.9 Å². The molecule has 1 unspecified atom stereocenters. The molecule has 1 aliphatic heterocycles. The first-order valence-electron chi connectivity index (χ1n) is 7.42. The van der Waals surface area contributed by atoms with E-state index in [0.29, 0.717) is 30.3 Å². The highest BCUT2D eigenvalue weighted by atomic mass is 16.5. The molecule has 6 nitrogen and oxygen atoms in total. The Labute approximate surface area is 129 Å². The Morgan fingerprint density at radius 3 is 2.73 bits per heavy atom. The van der Waals surface area contributed by atoms with Gasteiger partial charge in [0.25, 0.3) is 0 Å². The van der Waals surface area contributed by atoms with Gasteiger partial charge in [0.2, 0.25) is 0 Å². The lowest BCUT2D eigenvalue weighted by atomic mass is 10.1. The summed E-state index contributed by atoms with van der Waals surface area (Å²) in [6.45, 7) is 3.24. The number of carbonyl (C=O) groups is 1. The van der Waals surface area contributed by atoms with Crippen molar-refractivity contribution in [1.29, 1.82) is 0 Å². The van der Waals surface area contributed by atoms with Gasteiger partial charge in [-0.1, -0.05) is 6.07 Å². The van der Waals surface area contributed by atoms with Crippen molar-refractivity contribution < 1.29 is 28.8 Å². The van der Waals surface area contributed by atoms with E-state index in [4.69, 9.17) is 18.9 Å². The highest BCUT2D eigenvalue weighted by Crippen LogP contribution is 2.32. The van der Waals surface area contributed by atoms with Gasteiger partial charge in [-0.05, 0) is 24.6 Å². The minimum atomic E-state index is -1.33. The van der Waals surface area contributed by atoms with Crippen molar-refractivity contribution in [3.8, 4) is 11.5 Å². The van der Waals surface area contributed by atoms with E-state index < -0.39 is 12.1 Å². The number of hydrogen-bond donors (Lipinski definition) is 1. The van der Waals surface area contributed by atoms with Gasteiger partial charge in [0.05, 0.1) is 26.9 Å². The molecular formula is C16H22O6. The number of benzene rings is 1. The average molecular weight is 310 g/mol. The average Bonchev–Trinajstić information content (AvgIpc) is 2.55. The molecular weight excluding hydrogens is 288 g/mol. The van der Waals surface area contributed by atoms with Crippen molar-refractivity contribution in [2.24, 2.45) is 0 Å². The molecule has 2 rings (SSSR count). The van der Waals surface area contributed by atoms with Gasteiger partial charge in [-0.2, -0.15) is 0 Å². The van der Waals surface area contributed by atoms with Crippen molar-refractivity contribution >= 4 is 5.97 Å². The molecule has 1 fully saturated rings. The van der Waals surface area contributed by atoms with Crippen molar-refractivity contribution in [1.82, 2.24) is 0 Å². The van der Waals surface area contributed by atoms with E-state index >= 15 is 0 Å². The second kappa shape index (κ2) is 8.00. The molecule has 1 aromatic carbocycles. The first-order chi connectivity index (χ1) is 10.7. The standard InChI is InChI=1S/C16H22O6/c1-3-21-16(18)15(17)11-4-5-13(19-2)14(10-11)22-12-6-8-20-9-7-12/h4-5,10,12,15,17H,3,6-9H2,1-2H3. The molecule has 0 aromatic heterocycles. The van der Waals surface area contributed by atoms with E-state index in [-0.39, 0.29) is 12.7 Å². The summed E-state index contributed by atoms with van der Waals surface area (Å²) in [5.74, 6) is 0.395. The molecule has 0 amide bonds. The van der Waals surface area contributed by atoms with Crippen molar-refractivity contribution in [3.63, 3.8) is 0 Å². The summed E-state index contributed by atoms with van der Waals surface area (Å²) < 4.78 is 21.3. The zero-order valence-corrected chi connectivity index (χ0v) is 12.9. The fraction of sp³-hybridized carbons (Fsp3) is 0.562. The lowest BCUT2D eigenvalue weighted by Crippen LogP contribution is -2.26. The summed E-state index contributed by atoms with van der Waals surface area (Å²) in [7, 11) is 1.55. The van der Waals surface area contributed by atoms with Crippen molar-refractivity contribution in [2.45, 2.75) is 32.0 Å². The third kappa shape index (κ3) is 4.11. The molecule has 0 spiro atoms. The van der Waals surface area contributed by atoms with Crippen LogP contribution >= 0.6 is 0 Å². The molecule has 1 aliphatic rings. The minimum absolute atomic E-state index is 0.0395. The summed E-state index contributed by atoms with van der Waals surface area (Å²) >= 11 is 0. The van der Waals surface area contributed by atoms with Crippen LogP contribution in [0.2, 0.25) is 0 Å². The zero-order valence-electron chi connectivity index (χ0n) is 12.9. The van der Waals surface area contributed by atoms with Crippen LogP contribution < -0.4 is 9.47 Å². The van der Waals surface area contributed by atoms with E-state index in [2.05, 4.69) is 0 Å². The highest BCUT2D eigenvalue weighted by molar-refractivity contribution is 5.76. The quantitative estimate of drug-likeness (QED) is 0.808. The lowest BCUT2D eigenvalue weighted by Gasteiger charge is -2.24. The predicted molar refractivity (Wildman–Crippen MR) is 79.1 cm³/mol. The molecule has 22 heavy (non-hydrogen) atoms. The number of ether oxygens (including phenoxy) is 4. The number of aliphatic hydroxyl groups is 1. The van der Waals surface area contributed by atoms with Crippen LogP contribution in [0.3, 0.4) is 0 Å². The molecule has 1 atom stereocenters. The van der Waals surface area contributed by atoms with E-state index in [0.717, 1.165) is 12.8 Å². The third-order valence-electron chi connectivity index (χ3n) is 3.48. The Kier molecular flexibility index (Phi) is 6.03. The lowest BCUT2D eigenvalue weighted by molar-refractivity contribution is -0.153. The van der Waals surface area contributed by atoms with Crippen LogP contribution in [0.15, 0.2) is 18.2 Å². The van der Waals surface area contributed by atoms with Gasteiger partial charge in [-0.25, -0.2) is 4.79 Å². The molecule has 1 heterocycles. The fourth-order valence-corrected chi connectivity index (χ4v) is 2.29. The van der Waals surface area contributed by atoms with Gasteiger partial charge in [0.15, 0.2) is 17.6 Å². The second-order valence-corrected chi connectivity index (χ2v) is 4.99. The maximum atomic E-state index is 11.6. The molecule has 0 radical (unpaired) electrons. The highest BCUT2D eigenvalue weighted by Gasteiger charge is 2.22. The van der Waals surface area contributed by atoms with Crippen LogP contribution in [0.1, 0.15) is 31.4 Å². The molecule has 0 aliphatic carbocycles. The van der Waals surface area contributed by atoms with Gasteiger partial charge in [-0.15, -0.1) is 0 Å². The Morgan fingerprint density at radius 2 is 2.09 bits per heavy atom. The summed E-state index contributed by atoms with van der Waals surface area (Å²) in [4.78, 5) is 11.6. The maximum absolute atomic E-state index is 11.6. The SMILES string of the molecule is CCOC(=O)C(O)c1ccc(OC)c(OC2CCOCC2)c1. The van der Waals surface area contributed by atoms with Crippen molar-refractivity contribution in [3.05, 3.63) is 23.8 Å². The molecule has 0 saturated carbocycles. The van der Waals surface area contributed by atoms with Gasteiger partial charge < -0.3 is 24.1 Å². The smallest absolute Gasteiger partial charge is 0.339 e. The van der Waals surface area contributed by atoms with Crippen LogP contribution in [0.4, 0.5) is 0 Å². The Morgan fingerprint density at radius 1 is 1.36 bits per heavy atom. The van der Waals surface area contributed by atoms with Gasteiger partial charge in [-0.3, -0.25) is 0 Å². The summed E-state index contributed by atoms with van der Waals surface area (Å²) in [5, 5.41) is 10.0. The number of hydrogen-bond acceptors (Lipinski definition) is 6. The first kappa shape index (κ1) is 16.6. The van der Waals surface area contributed by atoms with Crippen LogP contribution in [-0.4, -0.2) is 44.1 Å². The molecule has 1 saturated heterocycles. The van der Waals surface area contributed by atoms with Crippen LogP contribution in [-0.2, 0) is 14.3 Å². The second-order valence-electron chi connectivity index (χ2n) is 4.99. The maximum Gasteiger partial charge on any atom is 0.339 e. The Hall–Kier alpha value is -1.79. The monoisotopic (exact) mass is 310 g/mol. The number of methoxy groups -OCH3 is 1. The summed E-state index contributed by atoms with van der Waals surface area (Å²) in [6, 6.07) is 4.92. The van der Waals surface area contributed by atoms with E-state index in [1.54, 1.807) is 32.2 Å². The number of esters is 1. The van der Waals surface area contributed by atoms with Crippen LogP contribution in [0.25, 0.3) is 0 Å². The Balaban J connectivity index is 2.16. The fourth-order valence-electron chi connectivity index (χ4n) is 2.29. The molecule has 122 valence electrons. The summed E-state index contributed by atoms with van der Waals surface area (Å²) in [6.07, 6.45) is 0.308. The van der Waals surface area contributed by atoms with Crippen LogP contribution in [0, 0.1) is 0 Å². The van der Waals surface area contributed by atoms with Gasteiger partial charge in [0.1, 0.15) is 6.10 Å². The number of carbonyl (C=O) groups excluding carboxylic acids is 1. The van der Waals surface area contributed by atoms with E-state index in [1.807, 2.05) is 0 Å². The van der Waals surface area contributed by atoms with Gasteiger partial charge >= 0.3 is 5.97 Å². The first-order valence-corrected chi connectivity index (χ1v) is 7.42. The third-order valence-corrected chi connectivity index (χ3v) is 3.48. The number of rotatable bonds is 6. The zero-order chi connectivity index (χ0) is 15.9. The Bertz CT molecular complexity index is 495. The van der Waals surface area contributed by atoms with E-state index in [9.17, 15) is 9.90 Å².